The van der Waals surface area contributed by atoms with Gasteiger partial charge in [0.1, 0.15) is 23.9 Å². The van der Waals surface area contributed by atoms with E-state index < -0.39 is 0 Å². The number of ether oxygens (including phenoxy) is 2. The normalized spacial score (nSPS) is 13.8. The van der Waals surface area contributed by atoms with Crippen LogP contribution in [0.1, 0.15) is 12.8 Å². The van der Waals surface area contributed by atoms with E-state index in [1.54, 1.807) is 6.20 Å². The predicted molar refractivity (Wildman–Crippen MR) is 106 cm³/mol. The van der Waals surface area contributed by atoms with Crippen molar-refractivity contribution in [3.8, 4) is 28.5 Å². The molecule has 0 saturated carbocycles. The molecule has 1 aliphatic rings. The molecule has 2 aromatic carbocycles. The SMILES string of the molecule is C=C1CCCN1CCOc1ccc(Oc2ccc(-c3ccn[nH]3)cc2)cc1. The van der Waals surface area contributed by atoms with Gasteiger partial charge in [0.05, 0.1) is 12.2 Å². The minimum atomic E-state index is 0.661. The number of hydrogen-bond acceptors (Lipinski definition) is 4. The molecule has 4 rings (SSSR count). The van der Waals surface area contributed by atoms with Gasteiger partial charge in [-0.3, -0.25) is 5.10 Å². The largest absolute Gasteiger partial charge is 0.492 e. The van der Waals surface area contributed by atoms with Crippen LogP contribution in [-0.2, 0) is 0 Å². The molecule has 1 N–H and O–H groups in total. The molecule has 2 heterocycles. The third-order valence-electron chi connectivity index (χ3n) is 4.70. The van der Waals surface area contributed by atoms with E-state index in [-0.39, 0.29) is 0 Å². The number of aromatic amines is 1. The summed E-state index contributed by atoms with van der Waals surface area (Å²) >= 11 is 0. The minimum absolute atomic E-state index is 0.661. The molecule has 138 valence electrons. The summed E-state index contributed by atoms with van der Waals surface area (Å²) in [5, 5.41) is 6.92. The standard InChI is InChI=1S/C22H23N3O2/c1-17-3-2-14-25(17)15-16-26-19-8-10-21(11-9-19)27-20-6-4-18(5-7-20)22-12-13-23-24-22/h4-13H,1-3,14-16H2,(H,23,24). The average Bonchev–Trinajstić information content (AvgIpc) is 3.36. The summed E-state index contributed by atoms with van der Waals surface area (Å²) in [5.41, 5.74) is 3.28. The highest BCUT2D eigenvalue weighted by molar-refractivity contribution is 5.59. The molecule has 27 heavy (non-hydrogen) atoms. The van der Waals surface area contributed by atoms with Gasteiger partial charge in [-0.25, -0.2) is 0 Å². The minimum Gasteiger partial charge on any atom is -0.492 e. The second-order valence-corrected chi connectivity index (χ2v) is 6.57. The molecule has 0 unspecified atom stereocenters. The molecule has 0 amide bonds. The summed E-state index contributed by atoms with van der Waals surface area (Å²) in [6, 6.07) is 17.6. The molecule has 0 radical (unpaired) electrons. The maximum Gasteiger partial charge on any atom is 0.127 e. The first-order valence-electron chi connectivity index (χ1n) is 9.21. The van der Waals surface area contributed by atoms with Crippen LogP contribution >= 0.6 is 0 Å². The van der Waals surface area contributed by atoms with E-state index in [1.165, 1.54) is 12.1 Å². The molecule has 1 fully saturated rings. The van der Waals surface area contributed by atoms with E-state index in [0.29, 0.717) is 6.61 Å². The summed E-state index contributed by atoms with van der Waals surface area (Å²) in [6.45, 7) is 6.72. The van der Waals surface area contributed by atoms with Crippen LogP contribution in [0.5, 0.6) is 17.2 Å². The van der Waals surface area contributed by atoms with Crippen molar-refractivity contribution < 1.29 is 9.47 Å². The van der Waals surface area contributed by atoms with E-state index in [9.17, 15) is 0 Å². The number of nitrogens with zero attached hydrogens (tertiary/aromatic N) is 2. The van der Waals surface area contributed by atoms with Gasteiger partial charge in [-0.2, -0.15) is 5.10 Å². The van der Waals surface area contributed by atoms with Gasteiger partial charge in [-0.05, 0) is 73.0 Å². The van der Waals surface area contributed by atoms with E-state index in [4.69, 9.17) is 9.47 Å². The van der Waals surface area contributed by atoms with Gasteiger partial charge >= 0.3 is 0 Å². The quantitative estimate of drug-likeness (QED) is 0.653. The van der Waals surface area contributed by atoms with Gasteiger partial charge in [-0.1, -0.05) is 6.58 Å². The summed E-state index contributed by atoms with van der Waals surface area (Å²) in [4.78, 5) is 2.30. The van der Waals surface area contributed by atoms with E-state index in [2.05, 4.69) is 21.7 Å². The number of H-pyrrole nitrogens is 1. The van der Waals surface area contributed by atoms with Crippen LogP contribution in [0, 0.1) is 0 Å². The van der Waals surface area contributed by atoms with Crippen LogP contribution in [0.25, 0.3) is 11.3 Å². The second kappa shape index (κ2) is 7.99. The Hall–Kier alpha value is -3.21. The maximum atomic E-state index is 5.90. The monoisotopic (exact) mass is 361 g/mol. The molecule has 0 spiro atoms. The van der Waals surface area contributed by atoms with Crippen molar-refractivity contribution in [3.63, 3.8) is 0 Å². The number of rotatable bonds is 7. The van der Waals surface area contributed by atoms with Crippen molar-refractivity contribution in [1.29, 1.82) is 0 Å². The van der Waals surface area contributed by atoms with Gasteiger partial charge < -0.3 is 14.4 Å². The number of aromatic nitrogens is 2. The molecule has 3 aromatic rings. The Morgan fingerprint density at radius 2 is 1.67 bits per heavy atom. The highest BCUT2D eigenvalue weighted by atomic mass is 16.5. The Morgan fingerprint density at radius 1 is 0.963 bits per heavy atom. The predicted octanol–water partition coefficient (Wildman–Crippen LogP) is 4.86. The fourth-order valence-electron chi connectivity index (χ4n) is 3.19. The molecular weight excluding hydrogens is 338 g/mol. The average molecular weight is 361 g/mol. The lowest BCUT2D eigenvalue weighted by atomic mass is 10.1. The van der Waals surface area contributed by atoms with E-state index in [1.807, 2.05) is 54.6 Å². The fraction of sp³-hybridized carbons (Fsp3) is 0.227. The lowest BCUT2D eigenvalue weighted by Gasteiger charge is -2.19. The number of allylic oxidation sites excluding steroid dienone is 1. The fourth-order valence-corrected chi connectivity index (χ4v) is 3.19. The topological polar surface area (TPSA) is 50.4 Å². The number of benzene rings is 2. The van der Waals surface area contributed by atoms with Crippen LogP contribution in [0.4, 0.5) is 0 Å². The number of nitrogens with one attached hydrogen (secondary N) is 1. The Balaban J connectivity index is 1.29. The van der Waals surface area contributed by atoms with Gasteiger partial charge in [0.2, 0.25) is 0 Å². The third-order valence-corrected chi connectivity index (χ3v) is 4.70. The van der Waals surface area contributed by atoms with Crippen molar-refractivity contribution in [2.45, 2.75) is 12.8 Å². The summed E-state index contributed by atoms with van der Waals surface area (Å²) in [5.74, 6) is 2.42. The Labute approximate surface area is 159 Å². The number of hydrogen-bond donors (Lipinski definition) is 1. The molecule has 5 nitrogen and oxygen atoms in total. The van der Waals surface area contributed by atoms with Gasteiger partial charge in [0.25, 0.3) is 0 Å². The van der Waals surface area contributed by atoms with Gasteiger partial charge in [0.15, 0.2) is 0 Å². The van der Waals surface area contributed by atoms with Crippen LogP contribution in [0.2, 0.25) is 0 Å². The summed E-state index contributed by atoms with van der Waals surface area (Å²) in [6.07, 6.45) is 4.05. The van der Waals surface area contributed by atoms with E-state index in [0.717, 1.165) is 48.0 Å². The summed E-state index contributed by atoms with van der Waals surface area (Å²) < 4.78 is 11.7. The van der Waals surface area contributed by atoms with Crippen molar-refractivity contribution in [1.82, 2.24) is 15.1 Å². The second-order valence-electron chi connectivity index (χ2n) is 6.57. The molecule has 1 aliphatic heterocycles. The molecular formula is C22H23N3O2. The summed E-state index contributed by atoms with van der Waals surface area (Å²) in [7, 11) is 0. The van der Waals surface area contributed by atoms with E-state index >= 15 is 0 Å². The molecule has 0 atom stereocenters. The molecule has 0 bridgehead atoms. The van der Waals surface area contributed by atoms with Crippen molar-refractivity contribution >= 4 is 0 Å². The van der Waals surface area contributed by atoms with Crippen LogP contribution in [0.3, 0.4) is 0 Å². The first kappa shape index (κ1) is 17.2. The third kappa shape index (κ3) is 4.31. The lowest BCUT2D eigenvalue weighted by molar-refractivity contribution is 0.258. The van der Waals surface area contributed by atoms with Crippen LogP contribution in [-0.4, -0.2) is 34.8 Å². The zero-order valence-corrected chi connectivity index (χ0v) is 15.2. The lowest BCUT2D eigenvalue weighted by Crippen LogP contribution is -2.23. The van der Waals surface area contributed by atoms with Crippen LogP contribution in [0.15, 0.2) is 73.1 Å². The molecule has 1 aromatic heterocycles. The zero-order chi connectivity index (χ0) is 18.5. The highest BCUT2D eigenvalue weighted by Gasteiger charge is 2.14. The van der Waals surface area contributed by atoms with Gasteiger partial charge in [0, 0.05) is 18.4 Å². The highest BCUT2D eigenvalue weighted by Crippen LogP contribution is 2.26. The van der Waals surface area contributed by atoms with Crippen molar-refractivity contribution in [3.05, 3.63) is 73.1 Å². The first-order chi connectivity index (χ1) is 13.3. The molecule has 0 aliphatic carbocycles. The maximum absolute atomic E-state index is 5.90. The van der Waals surface area contributed by atoms with Crippen molar-refractivity contribution in [2.75, 3.05) is 19.7 Å². The molecule has 5 heteroatoms. The first-order valence-corrected chi connectivity index (χ1v) is 9.21. The Kier molecular flexibility index (Phi) is 5.10. The molecule has 1 saturated heterocycles. The Morgan fingerprint density at radius 3 is 2.30 bits per heavy atom. The number of likely N-dealkylation sites (tertiary alicyclic amines) is 1. The Bertz CT molecular complexity index is 871. The van der Waals surface area contributed by atoms with Gasteiger partial charge in [-0.15, -0.1) is 0 Å². The smallest absolute Gasteiger partial charge is 0.127 e. The zero-order valence-electron chi connectivity index (χ0n) is 15.2. The van der Waals surface area contributed by atoms with Crippen LogP contribution < -0.4 is 9.47 Å². The van der Waals surface area contributed by atoms with Crippen molar-refractivity contribution in [2.24, 2.45) is 0 Å².